The van der Waals surface area contributed by atoms with Gasteiger partial charge < -0.3 is 14.6 Å². The van der Waals surface area contributed by atoms with Gasteiger partial charge in [-0.15, -0.1) is 0 Å². The molecule has 0 bridgehead atoms. The Labute approximate surface area is 167 Å². The van der Waals surface area contributed by atoms with E-state index in [4.69, 9.17) is 9.47 Å². The second kappa shape index (κ2) is 10.5. The summed E-state index contributed by atoms with van der Waals surface area (Å²) in [5, 5.41) is 10.2. The van der Waals surface area contributed by atoms with Crippen LogP contribution in [0.5, 0.6) is 11.5 Å². The zero-order valence-corrected chi connectivity index (χ0v) is 16.4. The summed E-state index contributed by atoms with van der Waals surface area (Å²) in [6, 6.07) is 26.1. The fraction of sp³-hybridized carbons (Fsp3) is 0.280. The second-order valence-electron chi connectivity index (χ2n) is 7.01. The lowest BCUT2D eigenvalue weighted by Crippen LogP contribution is -2.10. The van der Waals surface area contributed by atoms with Gasteiger partial charge in [0.05, 0.1) is 6.10 Å². The van der Waals surface area contributed by atoms with Crippen LogP contribution in [0.3, 0.4) is 0 Å². The minimum Gasteiger partial charge on any atom is -0.489 e. The Hall–Kier alpha value is -2.78. The van der Waals surface area contributed by atoms with Crippen LogP contribution in [-0.4, -0.2) is 11.2 Å². The van der Waals surface area contributed by atoms with Crippen molar-refractivity contribution in [3.63, 3.8) is 0 Å². The summed E-state index contributed by atoms with van der Waals surface area (Å²) in [5.74, 6) is 1.52. The third-order valence-electron chi connectivity index (χ3n) is 4.53. The molecule has 1 N–H and O–H groups in total. The molecule has 1 unspecified atom stereocenters. The van der Waals surface area contributed by atoms with Gasteiger partial charge >= 0.3 is 0 Å². The smallest absolute Gasteiger partial charge is 0.123 e. The number of aliphatic hydroxyl groups excluding tert-OH is 1. The lowest BCUT2D eigenvalue weighted by atomic mass is 10.0. The highest BCUT2D eigenvalue weighted by Crippen LogP contribution is 2.26. The lowest BCUT2D eigenvalue weighted by Gasteiger charge is -2.15. The van der Waals surface area contributed by atoms with E-state index in [2.05, 4.69) is 6.92 Å². The summed E-state index contributed by atoms with van der Waals surface area (Å²) in [4.78, 5) is 0. The van der Waals surface area contributed by atoms with Gasteiger partial charge in [-0.2, -0.15) is 0 Å². The molecule has 3 nitrogen and oxygen atoms in total. The van der Waals surface area contributed by atoms with E-state index in [-0.39, 0.29) is 6.10 Å². The van der Waals surface area contributed by atoms with E-state index in [0.29, 0.717) is 19.6 Å². The van der Waals surface area contributed by atoms with Gasteiger partial charge in [0.15, 0.2) is 0 Å². The molecule has 0 radical (unpaired) electrons. The second-order valence-corrected chi connectivity index (χ2v) is 7.01. The SMILES string of the molecule is CCCC(O)Cc1cc(OCc2ccccc2)cc(OCc2ccccc2)c1. The summed E-state index contributed by atoms with van der Waals surface area (Å²) in [7, 11) is 0. The Bertz CT molecular complexity index is 769. The molecule has 0 aliphatic heterocycles. The van der Waals surface area contributed by atoms with Gasteiger partial charge in [0, 0.05) is 6.07 Å². The molecule has 28 heavy (non-hydrogen) atoms. The van der Waals surface area contributed by atoms with Crippen LogP contribution in [0.15, 0.2) is 78.9 Å². The molecule has 3 aromatic carbocycles. The lowest BCUT2D eigenvalue weighted by molar-refractivity contribution is 0.163. The molecule has 0 saturated heterocycles. The van der Waals surface area contributed by atoms with Crippen LogP contribution in [0, 0.1) is 0 Å². The quantitative estimate of drug-likeness (QED) is 0.504. The van der Waals surface area contributed by atoms with Crippen molar-refractivity contribution in [3.8, 4) is 11.5 Å². The van der Waals surface area contributed by atoms with Crippen LogP contribution in [0.2, 0.25) is 0 Å². The highest BCUT2D eigenvalue weighted by atomic mass is 16.5. The highest BCUT2D eigenvalue weighted by molar-refractivity contribution is 5.39. The van der Waals surface area contributed by atoms with Crippen molar-refractivity contribution in [1.82, 2.24) is 0 Å². The highest BCUT2D eigenvalue weighted by Gasteiger charge is 2.09. The maximum absolute atomic E-state index is 10.2. The summed E-state index contributed by atoms with van der Waals surface area (Å²) < 4.78 is 12.0. The topological polar surface area (TPSA) is 38.7 Å². The van der Waals surface area contributed by atoms with Gasteiger partial charge in [-0.3, -0.25) is 0 Å². The van der Waals surface area contributed by atoms with Gasteiger partial charge in [-0.1, -0.05) is 74.0 Å². The zero-order valence-electron chi connectivity index (χ0n) is 16.4. The molecule has 3 aromatic rings. The van der Waals surface area contributed by atoms with Crippen molar-refractivity contribution < 1.29 is 14.6 Å². The Morgan fingerprint density at radius 2 is 1.21 bits per heavy atom. The van der Waals surface area contributed by atoms with Crippen LogP contribution in [0.25, 0.3) is 0 Å². The van der Waals surface area contributed by atoms with Gasteiger partial charge in [0.25, 0.3) is 0 Å². The third-order valence-corrected chi connectivity index (χ3v) is 4.53. The van der Waals surface area contributed by atoms with Crippen molar-refractivity contribution in [2.45, 2.75) is 45.5 Å². The molecule has 0 heterocycles. The number of rotatable bonds is 10. The molecule has 3 rings (SSSR count). The number of aliphatic hydroxyl groups is 1. The van der Waals surface area contributed by atoms with Crippen LogP contribution >= 0.6 is 0 Å². The molecule has 0 saturated carbocycles. The van der Waals surface area contributed by atoms with Gasteiger partial charge in [0.2, 0.25) is 0 Å². The minimum atomic E-state index is -0.351. The Kier molecular flexibility index (Phi) is 7.51. The molecular formula is C25H28O3. The summed E-state index contributed by atoms with van der Waals surface area (Å²) in [6.45, 7) is 3.08. The molecule has 1 atom stereocenters. The molecular weight excluding hydrogens is 348 g/mol. The van der Waals surface area contributed by atoms with Gasteiger partial charge in [-0.05, 0) is 41.7 Å². The first-order valence-corrected chi connectivity index (χ1v) is 9.88. The molecule has 3 heteroatoms. The van der Waals surface area contributed by atoms with E-state index in [9.17, 15) is 5.11 Å². The Morgan fingerprint density at radius 3 is 1.68 bits per heavy atom. The van der Waals surface area contributed by atoms with Crippen LogP contribution in [-0.2, 0) is 19.6 Å². The fourth-order valence-electron chi connectivity index (χ4n) is 3.10. The van der Waals surface area contributed by atoms with Gasteiger partial charge in [0.1, 0.15) is 24.7 Å². The molecule has 0 spiro atoms. The van der Waals surface area contributed by atoms with Crippen molar-refractivity contribution in [2.75, 3.05) is 0 Å². The van der Waals surface area contributed by atoms with Gasteiger partial charge in [-0.25, -0.2) is 0 Å². The number of benzene rings is 3. The first kappa shape index (κ1) is 20.0. The van der Waals surface area contributed by atoms with Crippen molar-refractivity contribution >= 4 is 0 Å². The van der Waals surface area contributed by atoms with E-state index >= 15 is 0 Å². The monoisotopic (exact) mass is 376 g/mol. The van der Waals surface area contributed by atoms with Crippen LogP contribution in [0.1, 0.15) is 36.5 Å². The van der Waals surface area contributed by atoms with E-state index in [1.54, 1.807) is 0 Å². The summed E-state index contributed by atoms with van der Waals surface area (Å²) in [6.07, 6.45) is 1.99. The van der Waals surface area contributed by atoms with Crippen LogP contribution in [0.4, 0.5) is 0 Å². The Morgan fingerprint density at radius 1 is 0.714 bits per heavy atom. The molecule has 0 amide bonds. The Balaban J connectivity index is 1.72. The average molecular weight is 376 g/mol. The molecule has 0 aliphatic carbocycles. The maximum Gasteiger partial charge on any atom is 0.123 e. The normalized spacial score (nSPS) is 11.8. The summed E-state index contributed by atoms with van der Waals surface area (Å²) in [5.41, 5.74) is 3.26. The molecule has 0 aliphatic rings. The van der Waals surface area contributed by atoms with Crippen molar-refractivity contribution in [1.29, 1.82) is 0 Å². The number of ether oxygens (including phenoxy) is 2. The predicted octanol–water partition coefficient (Wildman–Crippen LogP) is 5.55. The molecule has 0 fully saturated rings. The summed E-state index contributed by atoms with van der Waals surface area (Å²) >= 11 is 0. The van der Waals surface area contributed by atoms with Crippen molar-refractivity contribution in [2.24, 2.45) is 0 Å². The first-order chi connectivity index (χ1) is 13.7. The van der Waals surface area contributed by atoms with E-state index < -0.39 is 0 Å². The van der Waals surface area contributed by atoms with E-state index in [0.717, 1.165) is 41.0 Å². The zero-order chi connectivity index (χ0) is 19.6. The van der Waals surface area contributed by atoms with E-state index in [1.807, 2.05) is 78.9 Å². The van der Waals surface area contributed by atoms with E-state index in [1.165, 1.54) is 0 Å². The maximum atomic E-state index is 10.2. The molecule has 0 aromatic heterocycles. The first-order valence-electron chi connectivity index (χ1n) is 9.88. The average Bonchev–Trinajstić information content (AvgIpc) is 2.72. The van der Waals surface area contributed by atoms with Crippen LogP contribution < -0.4 is 9.47 Å². The van der Waals surface area contributed by atoms with Crippen molar-refractivity contribution in [3.05, 3.63) is 95.6 Å². The predicted molar refractivity (Wildman–Crippen MR) is 113 cm³/mol. The standard InChI is InChI=1S/C25H28O3/c1-2-9-23(26)14-22-15-24(27-18-20-10-5-3-6-11-20)17-25(16-22)28-19-21-12-7-4-8-13-21/h3-8,10-13,15-17,23,26H,2,9,14,18-19H2,1H3. The fourth-order valence-corrected chi connectivity index (χ4v) is 3.10. The number of hydrogen-bond acceptors (Lipinski definition) is 3. The largest absolute Gasteiger partial charge is 0.489 e. The third kappa shape index (κ3) is 6.43. The minimum absolute atomic E-state index is 0.351. The number of hydrogen-bond donors (Lipinski definition) is 1. The molecule has 146 valence electrons.